The number of carbonyl (C=O) groups is 2. The Bertz CT molecular complexity index is 1210. The molecule has 0 saturated carbocycles. The van der Waals surface area contributed by atoms with Crippen molar-refractivity contribution in [1.29, 1.82) is 0 Å². The third-order valence-electron chi connectivity index (χ3n) is 4.46. The number of nitrogens with one attached hydrogen (secondary N) is 1. The van der Waals surface area contributed by atoms with Crippen LogP contribution < -0.4 is 15.0 Å². The van der Waals surface area contributed by atoms with Gasteiger partial charge in [0.05, 0.1) is 5.69 Å². The molecular weight excluding hydrogens is 480 g/mol. The summed E-state index contributed by atoms with van der Waals surface area (Å²) in [6, 6.07) is 20.8. The normalized spacial score (nSPS) is 15.2. The van der Waals surface area contributed by atoms with Gasteiger partial charge >= 0.3 is 0 Å². The second-order valence-electron chi connectivity index (χ2n) is 6.57. The monoisotopic (exact) mass is 494 g/mol. The highest BCUT2D eigenvalue weighted by molar-refractivity contribution is 9.10. The Morgan fingerprint density at radius 1 is 0.968 bits per heavy atom. The number of anilines is 1. The van der Waals surface area contributed by atoms with Gasteiger partial charge in [-0.05, 0) is 72.9 Å². The first-order valence-electron chi connectivity index (χ1n) is 9.15. The van der Waals surface area contributed by atoms with Gasteiger partial charge in [0.1, 0.15) is 22.8 Å². The van der Waals surface area contributed by atoms with Crippen LogP contribution in [-0.4, -0.2) is 22.0 Å². The number of phenols is 1. The van der Waals surface area contributed by atoms with Crippen molar-refractivity contribution in [2.24, 2.45) is 0 Å². The van der Waals surface area contributed by atoms with Crippen molar-refractivity contribution in [3.63, 3.8) is 0 Å². The minimum absolute atomic E-state index is 0.0256. The van der Waals surface area contributed by atoms with Gasteiger partial charge in [-0.2, -0.15) is 0 Å². The van der Waals surface area contributed by atoms with E-state index in [0.717, 1.165) is 0 Å². The van der Waals surface area contributed by atoms with Gasteiger partial charge < -0.3 is 9.84 Å². The molecule has 0 unspecified atom stereocenters. The minimum Gasteiger partial charge on any atom is -0.507 e. The van der Waals surface area contributed by atoms with Gasteiger partial charge in [0, 0.05) is 10.0 Å². The zero-order valence-corrected chi connectivity index (χ0v) is 18.3. The molecule has 4 rings (SSSR count). The molecule has 3 aromatic carbocycles. The fourth-order valence-electron chi connectivity index (χ4n) is 2.98. The number of amides is 2. The molecule has 2 amide bonds. The van der Waals surface area contributed by atoms with Crippen molar-refractivity contribution >= 4 is 56.8 Å². The molecule has 0 aliphatic carbocycles. The molecule has 1 aliphatic heterocycles. The predicted octanol–water partition coefficient (Wildman–Crippen LogP) is 4.78. The van der Waals surface area contributed by atoms with Crippen LogP contribution in [0.15, 0.2) is 82.8 Å². The van der Waals surface area contributed by atoms with Gasteiger partial charge in [0.25, 0.3) is 11.8 Å². The van der Waals surface area contributed by atoms with Gasteiger partial charge in [-0.15, -0.1) is 0 Å². The van der Waals surface area contributed by atoms with Crippen LogP contribution in [0.5, 0.6) is 17.2 Å². The van der Waals surface area contributed by atoms with Gasteiger partial charge in [-0.1, -0.05) is 34.1 Å². The number of benzene rings is 3. The predicted molar refractivity (Wildman–Crippen MR) is 125 cm³/mol. The van der Waals surface area contributed by atoms with Crippen molar-refractivity contribution in [2.45, 2.75) is 0 Å². The van der Waals surface area contributed by atoms with Crippen LogP contribution in [0, 0.1) is 0 Å². The summed E-state index contributed by atoms with van der Waals surface area (Å²) < 4.78 is 6.46. The molecule has 2 N–H and O–H groups in total. The van der Waals surface area contributed by atoms with E-state index in [4.69, 9.17) is 17.0 Å². The smallest absolute Gasteiger partial charge is 0.270 e. The minimum atomic E-state index is -0.630. The Hall–Kier alpha value is -3.49. The van der Waals surface area contributed by atoms with E-state index in [0.29, 0.717) is 27.2 Å². The van der Waals surface area contributed by atoms with Crippen LogP contribution >= 0.6 is 28.1 Å². The van der Waals surface area contributed by atoms with Crippen LogP contribution in [0.2, 0.25) is 0 Å². The van der Waals surface area contributed by atoms with E-state index in [-0.39, 0.29) is 16.4 Å². The van der Waals surface area contributed by atoms with Crippen molar-refractivity contribution in [3.05, 3.63) is 88.4 Å². The van der Waals surface area contributed by atoms with Gasteiger partial charge in [-0.25, -0.2) is 0 Å². The lowest BCUT2D eigenvalue weighted by Crippen LogP contribution is -2.54. The van der Waals surface area contributed by atoms with E-state index >= 15 is 0 Å². The van der Waals surface area contributed by atoms with Crippen LogP contribution in [-0.2, 0) is 9.59 Å². The number of phenolic OH excluding ortho intramolecular Hbond substituents is 1. The summed E-state index contributed by atoms with van der Waals surface area (Å²) in [5, 5.41) is 12.6. The Morgan fingerprint density at radius 2 is 1.65 bits per heavy atom. The summed E-state index contributed by atoms with van der Waals surface area (Å²) in [5.41, 5.74) is 0.652. The summed E-state index contributed by atoms with van der Waals surface area (Å²) in [6.45, 7) is 0. The number of ether oxygens (including phenoxy) is 1. The number of hydrogen-bond acceptors (Lipinski definition) is 5. The maximum atomic E-state index is 13.1. The number of rotatable bonds is 4. The fraction of sp³-hybridized carbons (Fsp3) is 0. The van der Waals surface area contributed by atoms with E-state index < -0.39 is 11.8 Å². The first-order valence-corrected chi connectivity index (χ1v) is 10.4. The number of hydrogen-bond donors (Lipinski definition) is 2. The SMILES string of the molecule is O=C1NC(=S)N(c2ccc(Oc3ccccc3)cc2)C(=O)C1=Cc1cc(Br)ccc1O. The Kier molecular flexibility index (Phi) is 5.83. The highest BCUT2D eigenvalue weighted by Gasteiger charge is 2.34. The quantitative estimate of drug-likeness (QED) is 0.310. The van der Waals surface area contributed by atoms with E-state index in [1.54, 1.807) is 36.4 Å². The molecule has 3 aromatic rings. The Balaban J connectivity index is 1.62. The largest absolute Gasteiger partial charge is 0.507 e. The molecule has 1 fully saturated rings. The molecule has 1 heterocycles. The zero-order chi connectivity index (χ0) is 22.0. The summed E-state index contributed by atoms with van der Waals surface area (Å²) in [7, 11) is 0. The molecule has 0 atom stereocenters. The number of para-hydroxylation sites is 1. The summed E-state index contributed by atoms with van der Waals surface area (Å²) in [6.07, 6.45) is 1.33. The molecule has 0 bridgehead atoms. The van der Waals surface area contributed by atoms with Gasteiger partial charge in [0.2, 0.25) is 0 Å². The van der Waals surface area contributed by atoms with Crippen LogP contribution in [0.3, 0.4) is 0 Å². The third-order valence-corrected chi connectivity index (χ3v) is 5.24. The van der Waals surface area contributed by atoms with Crippen molar-refractivity contribution in [2.75, 3.05) is 4.90 Å². The Labute approximate surface area is 191 Å². The zero-order valence-electron chi connectivity index (χ0n) is 15.9. The van der Waals surface area contributed by atoms with Crippen LogP contribution in [0.25, 0.3) is 6.08 Å². The average molecular weight is 495 g/mol. The topological polar surface area (TPSA) is 78.9 Å². The average Bonchev–Trinajstić information content (AvgIpc) is 2.75. The molecule has 1 aliphatic rings. The number of halogens is 1. The van der Waals surface area contributed by atoms with E-state index in [2.05, 4.69) is 21.2 Å². The highest BCUT2D eigenvalue weighted by atomic mass is 79.9. The molecule has 1 saturated heterocycles. The van der Waals surface area contributed by atoms with E-state index in [1.807, 2.05) is 30.3 Å². The maximum absolute atomic E-state index is 13.1. The van der Waals surface area contributed by atoms with Crippen molar-refractivity contribution < 1.29 is 19.4 Å². The standard InChI is InChI=1S/C23H15BrN2O4S/c24-15-6-11-20(27)14(12-15)13-19-21(28)25-23(31)26(22(19)29)16-7-9-18(10-8-16)30-17-4-2-1-3-5-17/h1-13,27H,(H,25,28,31). The third kappa shape index (κ3) is 4.50. The van der Waals surface area contributed by atoms with E-state index in [1.165, 1.54) is 17.0 Å². The van der Waals surface area contributed by atoms with E-state index in [9.17, 15) is 14.7 Å². The molecule has 0 radical (unpaired) electrons. The lowest BCUT2D eigenvalue weighted by atomic mass is 10.1. The highest BCUT2D eigenvalue weighted by Crippen LogP contribution is 2.29. The molecule has 8 heteroatoms. The molecular formula is C23H15BrN2O4S. The first-order chi connectivity index (χ1) is 14.9. The number of nitrogens with zero attached hydrogens (tertiary/aromatic N) is 1. The Morgan fingerprint density at radius 3 is 2.35 bits per heavy atom. The fourth-order valence-corrected chi connectivity index (χ4v) is 3.64. The second-order valence-corrected chi connectivity index (χ2v) is 7.87. The maximum Gasteiger partial charge on any atom is 0.270 e. The summed E-state index contributed by atoms with van der Waals surface area (Å²) in [4.78, 5) is 26.8. The van der Waals surface area contributed by atoms with Crippen LogP contribution in [0.4, 0.5) is 5.69 Å². The van der Waals surface area contributed by atoms with Crippen molar-refractivity contribution in [1.82, 2.24) is 5.32 Å². The second kappa shape index (κ2) is 8.71. The van der Waals surface area contributed by atoms with Crippen LogP contribution in [0.1, 0.15) is 5.56 Å². The molecule has 0 aromatic heterocycles. The number of thiocarbonyl (C=S) groups is 1. The summed E-state index contributed by atoms with van der Waals surface area (Å²) >= 11 is 8.53. The van der Waals surface area contributed by atoms with Gasteiger partial charge in [-0.3, -0.25) is 19.8 Å². The molecule has 31 heavy (non-hydrogen) atoms. The molecule has 0 spiro atoms. The molecule has 6 nitrogen and oxygen atoms in total. The lowest BCUT2D eigenvalue weighted by Gasteiger charge is -2.29. The van der Waals surface area contributed by atoms with Gasteiger partial charge in [0.15, 0.2) is 5.11 Å². The number of aromatic hydroxyl groups is 1. The first kappa shape index (κ1) is 20.8. The molecule has 154 valence electrons. The number of carbonyl (C=O) groups excluding carboxylic acids is 2. The lowest BCUT2D eigenvalue weighted by molar-refractivity contribution is -0.122. The van der Waals surface area contributed by atoms with Crippen molar-refractivity contribution in [3.8, 4) is 17.2 Å². The summed E-state index contributed by atoms with van der Waals surface area (Å²) in [5.74, 6) is -0.00626.